The molecule has 0 bridgehead atoms. The number of allylic oxidation sites excluding steroid dienone is 1. The van der Waals surface area contributed by atoms with Crippen LogP contribution in [0.25, 0.3) is 0 Å². The molecule has 1 aliphatic carbocycles. The van der Waals surface area contributed by atoms with Crippen molar-refractivity contribution in [1.82, 2.24) is 0 Å². The van der Waals surface area contributed by atoms with Gasteiger partial charge in [-0.2, -0.15) is 0 Å². The lowest BCUT2D eigenvalue weighted by molar-refractivity contribution is 0.338. The van der Waals surface area contributed by atoms with E-state index in [1.54, 1.807) is 0 Å². The Hall–Kier alpha value is -0.260. The Morgan fingerprint density at radius 3 is 2.05 bits per heavy atom. The van der Waals surface area contributed by atoms with Gasteiger partial charge >= 0.3 is 0 Å². The molecule has 1 saturated carbocycles. The molecule has 0 aromatic rings. The molecule has 112 valence electrons. The Morgan fingerprint density at radius 2 is 1.58 bits per heavy atom. The number of hydrogen-bond donors (Lipinski definition) is 0. The molecule has 1 fully saturated rings. The standard InChI is InChI=1S/C19H36/c1-12(2)11-14(5)9-10-15(6)18-17(8)19(18)16(7)13(3)4/h12,14-19H,3,9-11H2,1-2,4-8H3. The highest BCUT2D eigenvalue weighted by Crippen LogP contribution is 2.57. The van der Waals surface area contributed by atoms with E-state index in [9.17, 15) is 0 Å². The third kappa shape index (κ3) is 4.65. The molecular weight excluding hydrogens is 228 g/mol. The van der Waals surface area contributed by atoms with Crippen molar-refractivity contribution in [2.24, 2.45) is 41.4 Å². The van der Waals surface area contributed by atoms with Gasteiger partial charge in [0.25, 0.3) is 0 Å². The maximum Gasteiger partial charge on any atom is -0.0203 e. The van der Waals surface area contributed by atoms with Crippen LogP contribution < -0.4 is 0 Å². The maximum atomic E-state index is 4.15. The molecule has 0 spiro atoms. The average Bonchev–Trinajstić information content (AvgIpc) is 2.95. The third-order valence-corrected chi connectivity index (χ3v) is 5.52. The van der Waals surface area contributed by atoms with E-state index < -0.39 is 0 Å². The van der Waals surface area contributed by atoms with Gasteiger partial charge in [0.1, 0.15) is 0 Å². The van der Waals surface area contributed by atoms with Gasteiger partial charge in [-0.3, -0.25) is 0 Å². The van der Waals surface area contributed by atoms with Crippen molar-refractivity contribution in [3.8, 4) is 0 Å². The first kappa shape index (κ1) is 16.8. The fourth-order valence-corrected chi connectivity index (χ4v) is 4.20. The highest BCUT2D eigenvalue weighted by molar-refractivity contribution is 5.08. The van der Waals surface area contributed by atoms with Gasteiger partial charge in [-0.15, -0.1) is 0 Å². The van der Waals surface area contributed by atoms with Gasteiger partial charge in [0.15, 0.2) is 0 Å². The summed E-state index contributed by atoms with van der Waals surface area (Å²) in [7, 11) is 0. The fourth-order valence-electron chi connectivity index (χ4n) is 4.20. The van der Waals surface area contributed by atoms with Crippen LogP contribution in [0.5, 0.6) is 0 Å². The highest BCUT2D eigenvalue weighted by Gasteiger charge is 2.51. The summed E-state index contributed by atoms with van der Waals surface area (Å²) in [6.07, 6.45) is 4.22. The van der Waals surface area contributed by atoms with Gasteiger partial charge < -0.3 is 0 Å². The molecule has 0 radical (unpaired) electrons. The molecule has 0 nitrogen and oxygen atoms in total. The van der Waals surface area contributed by atoms with Crippen molar-refractivity contribution >= 4 is 0 Å². The number of hydrogen-bond acceptors (Lipinski definition) is 0. The van der Waals surface area contributed by atoms with E-state index in [2.05, 4.69) is 55.0 Å². The molecule has 0 aliphatic heterocycles. The zero-order chi connectivity index (χ0) is 14.7. The molecule has 0 saturated heterocycles. The second-order valence-corrected chi connectivity index (χ2v) is 7.94. The van der Waals surface area contributed by atoms with E-state index in [1.165, 1.54) is 24.8 Å². The second kappa shape index (κ2) is 6.95. The summed E-state index contributed by atoms with van der Waals surface area (Å²) >= 11 is 0. The Morgan fingerprint density at radius 1 is 1.00 bits per heavy atom. The molecule has 6 atom stereocenters. The van der Waals surface area contributed by atoms with E-state index >= 15 is 0 Å². The first-order chi connectivity index (χ1) is 8.75. The summed E-state index contributed by atoms with van der Waals surface area (Å²) in [6, 6.07) is 0. The monoisotopic (exact) mass is 264 g/mol. The van der Waals surface area contributed by atoms with Crippen molar-refractivity contribution < 1.29 is 0 Å². The lowest BCUT2D eigenvalue weighted by Crippen LogP contribution is -2.08. The Bertz CT molecular complexity index is 288. The number of rotatable bonds is 8. The van der Waals surface area contributed by atoms with Gasteiger partial charge in [0, 0.05) is 0 Å². The molecule has 0 heterocycles. The lowest BCUT2D eigenvalue weighted by Gasteiger charge is -2.18. The smallest absolute Gasteiger partial charge is 0.0203 e. The van der Waals surface area contributed by atoms with Crippen LogP contribution in [0.2, 0.25) is 0 Å². The largest absolute Gasteiger partial charge is 0.0999 e. The fraction of sp³-hybridized carbons (Fsp3) is 0.895. The van der Waals surface area contributed by atoms with Gasteiger partial charge in [-0.1, -0.05) is 66.5 Å². The van der Waals surface area contributed by atoms with Crippen LogP contribution in [0.1, 0.15) is 67.7 Å². The minimum absolute atomic E-state index is 0.718. The van der Waals surface area contributed by atoms with Gasteiger partial charge in [-0.05, 0) is 54.8 Å². The van der Waals surface area contributed by atoms with E-state index in [0.29, 0.717) is 0 Å². The summed E-state index contributed by atoms with van der Waals surface area (Å²) in [6.45, 7) is 20.8. The minimum Gasteiger partial charge on any atom is -0.0999 e. The molecule has 0 aromatic heterocycles. The molecule has 0 aromatic carbocycles. The minimum atomic E-state index is 0.718. The van der Waals surface area contributed by atoms with Gasteiger partial charge in [0.05, 0.1) is 0 Å². The van der Waals surface area contributed by atoms with Crippen LogP contribution in [0.15, 0.2) is 12.2 Å². The summed E-state index contributed by atoms with van der Waals surface area (Å²) in [5.41, 5.74) is 1.37. The predicted octanol–water partition coefficient (Wildman–Crippen LogP) is 6.18. The van der Waals surface area contributed by atoms with Crippen molar-refractivity contribution in [2.45, 2.75) is 67.7 Å². The molecule has 0 heteroatoms. The molecule has 0 amide bonds. The van der Waals surface area contributed by atoms with Crippen molar-refractivity contribution in [3.05, 3.63) is 12.2 Å². The maximum absolute atomic E-state index is 4.15. The van der Waals surface area contributed by atoms with E-state index in [-0.39, 0.29) is 0 Å². The average molecular weight is 264 g/mol. The van der Waals surface area contributed by atoms with Crippen molar-refractivity contribution in [1.29, 1.82) is 0 Å². The van der Waals surface area contributed by atoms with Crippen LogP contribution in [0, 0.1) is 41.4 Å². The first-order valence-corrected chi connectivity index (χ1v) is 8.41. The van der Waals surface area contributed by atoms with Gasteiger partial charge in [-0.25, -0.2) is 0 Å². The topological polar surface area (TPSA) is 0 Å². The van der Waals surface area contributed by atoms with Gasteiger partial charge in [0.2, 0.25) is 0 Å². The molecule has 19 heavy (non-hydrogen) atoms. The van der Waals surface area contributed by atoms with Crippen LogP contribution >= 0.6 is 0 Å². The highest BCUT2D eigenvalue weighted by atomic mass is 14.6. The zero-order valence-electron chi connectivity index (χ0n) is 14.4. The molecule has 6 unspecified atom stereocenters. The molecular formula is C19H36. The predicted molar refractivity (Wildman–Crippen MR) is 87.1 cm³/mol. The van der Waals surface area contributed by atoms with E-state index in [1.807, 2.05) is 0 Å². The summed E-state index contributed by atoms with van der Waals surface area (Å²) in [5.74, 6) is 6.15. The third-order valence-electron chi connectivity index (χ3n) is 5.52. The first-order valence-electron chi connectivity index (χ1n) is 8.41. The molecule has 1 rings (SSSR count). The lowest BCUT2D eigenvalue weighted by atomic mass is 9.87. The second-order valence-electron chi connectivity index (χ2n) is 7.94. The van der Waals surface area contributed by atoms with Crippen LogP contribution in [0.3, 0.4) is 0 Å². The van der Waals surface area contributed by atoms with Crippen LogP contribution in [-0.4, -0.2) is 0 Å². The van der Waals surface area contributed by atoms with E-state index in [4.69, 9.17) is 0 Å². The Labute approximate surface area is 122 Å². The molecule has 0 N–H and O–H groups in total. The van der Waals surface area contributed by atoms with E-state index in [0.717, 1.165) is 41.4 Å². The molecule has 1 aliphatic rings. The summed E-state index contributed by atoms with van der Waals surface area (Å²) < 4.78 is 0. The quantitative estimate of drug-likeness (QED) is 0.459. The van der Waals surface area contributed by atoms with Crippen LogP contribution in [0.4, 0.5) is 0 Å². The Kier molecular flexibility index (Phi) is 6.15. The zero-order valence-corrected chi connectivity index (χ0v) is 14.4. The van der Waals surface area contributed by atoms with Crippen molar-refractivity contribution in [3.63, 3.8) is 0 Å². The normalized spacial score (nSPS) is 31.1. The summed E-state index contributed by atoms with van der Waals surface area (Å²) in [4.78, 5) is 0. The summed E-state index contributed by atoms with van der Waals surface area (Å²) in [5, 5.41) is 0. The Balaban J connectivity index is 2.35. The van der Waals surface area contributed by atoms with Crippen LogP contribution in [-0.2, 0) is 0 Å². The van der Waals surface area contributed by atoms with Crippen molar-refractivity contribution in [2.75, 3.05) is 0 Å². The SMILES string of the molecule is C=C(C)C(C)C1C(C)C1C(C)CCC(C)CC(C)C.